The van der Waals surface area contributed by atoms with Gasteiger partial charge in [0.1, 0.15) is 5.76 Å². The monoisotopic (exact) mass is 167 g/mol. The lowest BCUT2D eigenvalue weighted by Gasteiger charge is -2.21. The summed E-state index contributed by atoms with van der Waals surface area (Å²) in [6, 6.07) is 0. The molecule has 0 radical (unpaired) electrons. The van der Waals surface area contributed by atoms with Crippen LogP contribution in [0.4, 0.5) is 0 Å². The van der Waals surface area contributed by atoms with Gasteiger partial charge < -0.3 is 4.84 Å². The summed E-state index contributed by atoms with van der Waals surface area (Å²) < 4.78 is 0. The summed E-state index contributed by atoms with van der Waals surface area (Å²) in [5.41, 5.74) is 0. The normalized spacial score (nSPS) is 20.6. The van der Waals surface area contributed by atoms with E-state index in [1.54, 1.807) is 0 Å². The van der Waals surface area contributed by atoms with Crippen LogP contribution in [0.25, 0.3) is 0 Å². The first-order valence-electron chi connectivity index (χ1n) is 4.67. The third-order valence-electron chi connectivity index (χ3n) is 2.46. The number of allylic oxidation sites excluding steroid dienone is 2. The summed E-state index contributed by atoms with van der Waals surface area (Å²) in [5.74, 6) is 1.60. The van der Waals surface area contributed by atoms with E-state index in [0.29, 0.717) is 5.92 Å². The molecule has 2 heteroatoms. The molecule has 1 aliphatic carbocycles. The van der Waals surface area contributed by atoms with Crippen molar-refractivity contribution in [2.75, 3.05) is 0 Å². The van der Waals surface area contributed by atoms with Crippen molar-refractivity contribution in [2.24, 2.45) is 11.1 Å². The lowest BCUT2D eigenvalue weighted by molar-refractivity contribution is 0.171. The van der Waals surface area contributed by atoms with E-state index in [4.69, 9.17) is 4.84 Å². The van der Waals surface area contributed by atoms with Gasteiger partial charge in [0.25, 0.3) is 0 Å². The third-order valence-corrected chi connectivity index (χ3v) is 2.46. The topological polar surface area (TPSA) is 21.6 Å². The van der Waals surface area contributed by atoms with Crippen molar-refractivity contribution >= 4 is 6.72 Å². The highest BCUT2D eigenvalue weighted by molar-refractivity contribution is 5.21. The maximum absolute atomic E-state index is 5.11. The molecule has 0 atom stereocenters. The third kappa shape index (κ3) is 2.36. The van der Waals surface area contributed by atoms with Gasteiger partial charge in [0.15, 0.2) is 0 Å². The number of nitrogens with zero attached hydrogens (tertiary/aromatic N) is 1. The van der Waals surface area contributed by atoms with Crippen LogP contribution in [-0.4, -0.2) is 6.72 Å². The summed E-state index contributed by atoms with van der Waals surface area (Å²) in [4.78, 5) is 5.11. The number of rotatable bonds is 3. The van der Waals surface area contributed by atoms with E-state index in [1.165, 1.54) is 32.1 Å². The first kappa shape index (κ1) is 9.30. The van der Waals surface area contributed by atoms with Gasteiger partial charge in [0.2, 0.25) is 0 Å². The summed E-state index contributed by atoms with van der Waals surface area (Å²) in [7, 11) is 0. The predicted octanol–water partition coefficient (Wildman–Crippen LogP) is 3.10. The van der Waals surface area contributed by atoms with Crippen molar-refractivity contribution in [3.05, 3.63) is 11.8 Å². The molecule has 0 spiro atoms. The summed E-state index contributed by atoms with van der Waals surface area (Å²) in [5, 5.41) is 3.46. The molecule has 0 aromatic rings. The molecule has 0 bridgehead atoms. The Morgan fingerprint density at radius 2 is 2.08 bits per heavy atom. The van der Waals surface area contributed by atoms with E-state index in [9.17, 15) is 0 Å². The Morgan fingerprint density at radius 3 is 2.58 bits per heavy atom. The van der Waals surface area contributed by atoms with Crippen molar-refractivity contribution < 1.29 is 4.84 Å². The van der Waals surface area contributed by atoms with Gasteiger partial charge in [-0.2, -0.15) is 0 Å². The molecule has 1 aliphatic rings. The van der Waals surface area contributed by atoms with Crippen LogP contribution in [0.15, 0.2) is 17.0 Å². The van der Waals surface area contributed by atoms with Crippen LogP contribution in [0.3, 0.4) is 0 Å². The first-order chi connectivity index (χ1) is 5.88. The zero-order chi connectivity index (χ0) is 8.81. The van der Waals surface area contributed by atoms with E-state index in [2.05, 4.69) is 11.9 Å². The van der Waals surface area contributed by atoms with Gasteiger partial charge in [-0.3, -0.25) is 0 Å². The minimum absolute atomic E-state index is 0.592. The first-order valence-corrected chi connectivity index (χ1v) is 4.67. The second kappa shape index (κ2) is 4.96. The van der Waals surface area contributed by atoms with Crippen molar-refractivity contribution in [1.82, 2.24) is 0 Å². The average molecular weight is 167 g/mol. The van der Waals surface area contributed by atoms with Crippen LogP contribution >= 0.6 is 0 Å². The van der Waals surface area contributed by atoms with Crippen molar-refractivity contribution in [3.63, 3.8) is 0 Å². The predicted molar refractivity (Wildman–Crippen MR) is 51.0 cm³/mol. The minimum atomic E-state index is 0.592. The molecule has 0 saturated heterocycles. The molecule has 0 heterocycles. The summed E-state index contributed by atoms with van der Waals surface area (Å²) in [6.07, 6.45) is 8.51. The SMILES string of the molecule is C=NO/C(=C\C)C1CCCCC1. The molecule has 68 valence electrons. The molecule has 12 heavy (non-hydrogen) atoms. The van der Waals surface area contributed by atoms with Crippen LogP contribution in [0.1, 0.15) is 39.0 Å². The zero-order valence-corrected chi connectivity index (χ0v) is 7.75. The van der Waals surface area contributed by atoms with E-state index in [1.807, 2.05) is 13.0 Å². The molecule has 0 amide bonds. The Kier molecular flexibility index (Phi) is 3.85. The Balaban J connectivity index is 2.46. The fraction of sp³-hybridized carbons (Fsp3) is 0.700. The van der Waals surface area contributed by atoms with Crippen LogP contribution in [-0.2, 0) is 4.84 Å². The Morgan fingerprint density at radius 1 is 1.42 bits per heavy atom. The van der Waals surface area contributed by atoms with Gasteiger partial charge in [0, 0.05) is 12.6 Å². The summed E-state index contributed by atoms with van der Waals surface area (Å²) in [6.45, 7) is 5.33. The Hall–Kier alpha value is -0.790. The fourth-order valence-electron chi connectivity index (χ4n) is 1.82. The molecule has 2 nitrogen and oxygen atoms in total. The van der Waals surface area contributed by atoms with Crippen LogP contribution < -0.4 is 0 Å². The molecular formula is C10H17NO. The molecule has 1 saturated carbocycles. The fourth-order valence-corrected chi connectivity index (χ4v) is 1.82. The standard InChI is InChI=1S/C10H17NO/c1-3-10(12-11-2)9-7-5-4-6-8-9/h3,9H,2,4-8H2,1H3/b10-3-. The summed E-state index contributed by atoms with van der Waals surface area (Å²) >= 11 is 0. The van der Waals surface area contributed by atoms with Gasteiger partial charge in [-0.1, -0.05) is 24.4 Å². The maximum atomic E-state index is 5.11. The van der Waals surface area contributed by atoms with Gasteiger partial charge in [0.05, 0.1) is 0 Å². The molecule has 1 fully saturated rings. The molecule has 0 aliphatic heterocycles. The molecule has 0 unspecified atom stereocenters. The molecule has 0 aromatic heterocycles. The zero-order valence-electron chi connectivity index (χ0n) is 7.75. The Labute approximate surface area is 74.3 Å². The van der Waals surface area contributed by atoms with E-state index in [0.717, 1.165) is 5.76 Å². The van der Waals surface area contributed by atoms with Crippen LogP contribution in [0, 0.1) is 5.92 Å². The number of hydrogen-bond acceptors (Lipinski definition) is 2. The lowest BCUT2D eigenvalue weighted by atomic mass is 9.88. The van der Waals surface area contributed by atoms with Crippen LogP contribution in [0.2, 0.25) is 0 Å². The van der Waals surface area contributed by atoms with Gasteiger partial charge in [-0.25, -0.2) is 0 Å². The molecule has 0 N–H and O–H groups in total. The maximum Gasteiger partial charge on any atom is 0.133 e. The van der Waals surface area contributed by atoms with E-state index < -0.39 is 0 Å². The largest absolute Gasteiger partial charge is 0.362 e. The number of hydrogen-bond donors (Lipinski definition) is 0. The number of oxime groups is 1. The lowest BCUT2D eigenvalue weighted by Crippen LogP contribution is -2.09. The Bertz CT molecular complexity index is 169. The van der Waals surface area contributed by atoms with Gasteiger partial charge in [-0.05, 0) is 25.8 Å². The highest BCUT2D eigenvalue weighted by atomic mass is 16.6. The van der Waals surface area contributed by atoms with Crippen molar-refractivity contribution in [2.45, 2.75) is 39.0 Å². The highest BCUT2D eigenvalue weighted by Gasteiger charge is 2.18. The highest BCUT2D eigenvalue weighted by Crippen LogP contribution is 2.30. The second-order valence-electron chi connectivity index (χ2n) is 3.25. The molecular weight excluding hydrogens is 150 g/mol. The van der Waals surface area contributed by atoms with Crippen LogP contribution in [0.5, 0.6) is 0 Å². The molecule has 1 rings (SSSR count). The van der Waals surface area contributed by atoms with Crippen molar-refractivity contribution in [1.29, 1.82) is 0 Å². The average Bonchev–Trinajstić information content (AvgIpc) is 2.15. The van der Waals surface area contributed by atoms with E-state index >= 15 is 0 Å². The van der Waals surface area contributed by atoms with Gasteiger partial charge in [-0.15, -0.1) is 0 Å². The van der Waals surface area contributed by atoms with E-state index in [-0.39, 0.29) is 0 Å². The van der Waals surface area contributed by atoms with Crippen molar-refractivity contribution in [3.8, 4) is 0 Å². The van der Waals surface area contributed by atoms with Gasteiger partial charge >= 0.3 is 0 Å². The minimum Gasteiger partial charge on any atom is -0.362 e. The quantitative estimate of drug-likeness (QED) is 0.359. The molecule has 0 aromatic carbocycles. The smallest absolute Gasteiger partial charge is 0.133 e. The second-order valence-corrected chi connectivity index (χ2v) is 3.25.